The second kappa shape index (κ2) is 7.81. The van der Waals surface area contributed by atoms with E-state index in [1.807, 2.05) is 48.5 Å². The van der Waals surface area contributed by atoms with Crippen LogP contribution >= 0.6 is 27.3 Å². The van der Waals surface area contributed by atoms with Crippen molar-refractivity contribution in [3.8, 4) is 5.75 Å². The van der Waals surface area contributed by atoms with E-state index in [0.717, 1.165) is 20.9 Å². The number of para-hydroxylation sites is 1. The van der Waals surface area contributed by atoms with E-state index in [0.29, 0.717) is 22.0 Å². The first-order chi connectivity index (χ1) is 13.9. The van der Waals surface area contributed by atoms with Gasteiger partial charge in [-0.3, -0.25) is 0 Å². The minimum atomic E-state index is -3.92. The molecule has 2 aromatic heterocycles. The summed E-state index contributed by atoms with van der Waals surface area (Å²) in [7, 11) is -2.32. The summed E-state index contributed by atoms with van der Waals surface area (Å²) < 4.78 is 41.2. The van der Waals surface area contributed by atoms with Crippen molar-refractivity contribution in [1.29, 1.82) is 0 Å². The van der Waals surface area contributed by atoms with Crippen molar-refractivity contribution in [3.63, 3.8) is 0 Å². The van der Waals surface area contributed by atoms with Gasteiger partial charge in [0.2, 0.25) is 0 Å². The minimum Gasteiger partial charge on any atom is -0.496 e. The van der Waals surface area contributed by atoms with Crippen molar-refractivity contribution < 1.29 is 17.7 Å². The number of hydrogen-bond donors (Lipinski definition) is 1. The molecule has 4 rings (SSSR count). The molecule has 0 bridgehead atoms. The summed E-state index contributed by atoms with van der Waals surface area (Å²) in [5.74, 6) is 0.774. The fourth-order valence-electron chi connectivity index (χ4n) is 3.10. The molecule has 6 nitrogen and oxygen atoms in total. The predicted molar refractivity (Wildman–Crippen MR) is 117 cm³/mol. The van der Waals surface area contributed by atoms with E-state index in [2.05, 4.69) is 25.8 Å². The fraction of sp³-hybridized carbons (Fsp3) is 0.150. The highest BCUT2D eigenvalue weighted by molar-refractivity contribution is 9.10. The van der Waals surface area contributed by atoms with Gasteiger partial charge in [-0.05, 0) is 40.5 Å². The summed E-state index contributed by atoms with van der Waals surface area (Å²) in [4.78, 5) is 0.959. The zero-order chi connectivity index (χ0) is 20.6. The van der Waals surface area contributed by atoms with E-state index in [4.69, 9.17) is 9.26 Å². The number of aryl methyl sites for hydroxylation is 1. The number of sulfonamides is 1. The number of halogens is 1. The van der Waals surface area contributed by atoms with Gasteiger partial charge in [0.15, 0.2) is 0 Å². The van der Waals surface area contributed by atoms with Gasteiger partial charge in [0.25, 0.3) is 15.9 Å². The van der Waals surface area contributed by atoms with Crippen LogP contribution < -0.4 is 9.46 Å². The number of aromatic nitrogens is 1. The maximum absolute atomic E-state index is 13.4. The fourth-order valence-corrected chi connectivity index (χ4v) is 6.44. The number of fused-ring (bicyclic) bond motifs is 1. The van der Waals surface area contributed by atoms with Crippen LogP contribution in [-0.4, -0.2) is 20.7 Å². The first-order valence-corrected chi connectivity index (χ1v) is 11.8. The van der Waals surface area contributed by atoms with Gasteiger partial charge in [0.05, 0.1) is 12.8 Å². The Morgan fingerprint density at radius 2 is 1.90 bits per heavy atom. The second-order valence-corrected chi connectivity index (χ2v) is 9.90. The normalized spacial score (nSPS) is 11.7. The summed E-state index contributed by atoms with van der Waals surface area (Å²) in [6.45, 7) is 1.72. The van der Waals surface area contributed by atoms with Crippen LogP contribution in [0.4, 0.5) is 5.88 Å². The maximum Gasteiger partial charge on any atom is 0.266 e. The average molecular weight is 493 g/mol. The summed E-state index contributed by atoms with van der Waals surface area (Å²) in [5.41, 5.74) is 1.47. The zero-order valence-electron chi connectivity index (χ0n) is 15.6. The monoisotopic (exact) mass is 492 g/mol. The van der Waals surface area contributed by atoms with E-state index >= 15 is 0 Å². The van der Waals surface area contributed by atoms with Gasteiger partial charge in [-0.2, -0.15) is 0 Å². The third-order valence-corrected chi connectivity index (χ3v) is 8.14. The van der Waals surface area contributed by atoms with Crippen molar-refractivity contribution in [2.24, 2.45) is 0 Å². The number of anilines is 1. The summed E-state index contributed by atoms with van der Waals surface area (Å²) in [6.07, 6.45) is 0.427. The Kier molecular flexibility index (Phi) is 5.37. The van der Waals surface area contributed by atoms with Crippen molar-refractivity contribution in [1.82, 2.24) is 5.16 Å². The molecule has 2 aromatic carbocycles. The zero-order valence-corrected chi connectivity index (χ0v) is 18.8. The molecule has 2 heterocycles. The van der Waals surface area contributed by atoms with Crippen LogP contribution in [0.25, 0.3) is 10.1 Å². The topological polar surface area (TPSA) is 81.4 Å². The number of nitrogens with one attached hydrogen (secondary N) is 1. The molecule has 0 amide bonds. The molecule has 0 atom stereocenters. The van der Waals surface area contributed by atoms with E-state index in [1.165, 1.54) is 11.3 Å². The van der Waals surface area contributed by atoms with E-state index < -0.39 is 10.0 Å². The van der Waals surface area contributed by atoms with Gasteiger partial charge < -0.3 is 9.26 Å². The number of hydrogen-bond acceptors (Lipinski definition) is 6. The molecule has 150 valence electrons. The second-order valence-electron chi connectivity index (χ2n) is 6.36. The van der Waals surface area contributed by atoms with Crippen molar-refractivity contribution in [3.05, 3.63) is 69.1 Å². The molecule has 0 fully saturated rings. The molecule has 0 aliphatic heterocycles. The quantitative estimate of drug-likeness (QED) is 0.391. The lowest BCUT2D eigenvalue weighted by Gasteiger charge is -2.10. The van der Waals surface area contributed by atoms with Crippen molar-refractivity contribution in [2.75, 3.05) is 11.8 Å². The van der Waals surface area contributed by atoms with Crippen LogP contribution in [-0.2, 0) is 16.4 Å². The molecule has 0 saturated heterocycles. The first kappa shape index (κ1) is 19.9. The lowest BCUT2D eigenvalue weighted by atomic mass is 10.1. The van der Waals surface area contributed by atoms with Crippen LogP contribution in [0, 0.1) is 6.92 Å². The Bertz CT molecular complexity index is 1300. The first-order valence-electron chi connectivity index (χ1n) is 8.67. The molecule has 4 aromatic rings. The number of ether oxygens (including phenoxy) is 1. The maximum atomic E-state index is 13.4. The highest BCUT2D eigenvalue weighted by Crippen LogP contribution is 2.39. The number of benzene rings is 2. The molecular formula is C20H17BrN2O4S2. The van der Waals surface area contributed by atoms with E-state index in [9.17, 15) is 8.42 Å². The van der Waals surface area contributed by atoms with Crippen LogP contribution in [0.3, 0.4) is 0 Å². The van der Waals surface area contributed by atoms with E-state index in [-0.39, 0.29) is 10.8 Å². The Labute approximate surface area is 180 Å². The Morgan fingerprint density at radius 1 is 1.17 bits per heavy atom. The molecule has 29 heavy (non-hydrogen) atoms. The highest BCUT2D eigenvalue weighted by Gasteiger charge is 2.27. The van der Waals surface area contributed by atoms with Crippen molar-refractivity contribution >= 4 is 53.3 Å². The smallest absolute Gasteiger partial charge is 0.266 e. The number of rotatable bonds is 6. The number of thiophene rings is 1. The summed E-state index contributed by atoms with van der Waals surface area (Å²) in [5, 5.41) is 4.46. The molecule has 9 heteroatoms. The molecule has 0 saturated carbocycles. The predicted octanol–water partition coefficient (Wildman–Crippen LogP) is 5.36. The van der Waals surface area contributed by atoms with Gasteiger partial charge in [-0.25, -0.2) is 13.1 Å². The lowest BCUT2D eigenvalue weighted by molar-refractivity contribution is 0.410. The molecule has 0 aliphatic carbocycles. The minimum absolute atomic E-state index is 0.0565. The Morgan fingerprint density at radius 3 is 2.62 bits per heavy atom. The SMILES string of the molecule is COc1ccccc1Cc1sc2ccccc2c1S(=O)(=O)Nc1onc(C)c1Br. The van der Waals surface area contributed by atoms with Gasteiger partial charge >= 0.3 is 0 Å². The summed E-state index contributed by atoms with van der Waals surface area (Å²) >= 11 is 4.76. The molecule has 0 radical (unpaired) electrons. The molecule has 1 N–H and O–H groups in total. The van der Waals surface area contributed by atoms with Gasteiger partial charge in [0, 0.05) is 21.4 Å². The van der Waals surface area contributed by atoms with Gasteiger partial charge in [0.1, 0.15) is 15.1 Å². The van der Waals surface area contributed by atoms with Crippen LogP contribution in [0.15, 0.2) is 62.4 Å². The lowest BCUT2D eigenvalue weighted by Crippen LogP contribution is -2.14. The van der Waals surface area contributed by atoms with Crippen LogP contribution in [0.1, 0.15) is 16.1 Å². The third-order valence-electron chi connectivity index (χ3n) is 4.45. The van der Waals surface area contributed by atoms with Gasteiger partial charge in [-0.1, -0.05) is 41.6 Å². The Hall–Kier alpha value is -2.36. The number of nitrogens with zero attached hydrogens (tertiary/aromatic N) is 1. The third kappa shape index (κ3) is 3.77. The standard InChI is InChI=1S/C20H17BrN2O4S2/c1-12-18(21)20(27-22-12)23-29(24,25)19-14-8-4-6-10-16(14)28-17(19)11-13-7-3-5-9-15(13)26-2/h3-10,23H,11H2,1-2H3. The largest absolute Gasteiger partial charge is 0.496 e. The van der Waals surface area contributed by atoms with Gasteiger partial charge in [-0.15, -0.1) is 11.3 Å². The van der Waals surface area contributed by atoms with Crippen LogP contribution in [0.2, 0.25) is 0 Å². The Balaban J connectivity index is 1.84. The molecular weight excluding hydrogens is 476 g/mol. The highest BCUT2D eigenvalue weighted by atomic mass is 79.9. The van der Waals surface area contributed by atoms with E-state index in [1.54, 1.807) is 14.0 Å². The molecule has 0 spiro atoms. The summed E-state index contributed by atoms with van der Waals surface area (Å²) in [6, 6.07) is 15.0. The molecule has 0 aliphatic rings. The van der Waals surface area contributed by atoms with Crippen molar-refractivity contribution in [2.45, 2.75) is 18.2 Å². The molecule has 0 unspecified atom stereocenters. The van der Waals surface area contributed by atoms with Crippen LogP contribution in [0.5, 0.6) is 5.75 Å². The number of methoxy groups -OCH3 is 1. The average Bonchev–Trinajstić information content (AvgIpc) is 3.23.